The van der Waals surface area contributed by atoms with Gasteiger partial charge in [0.05, 0.1) is 15.0 Å². The third-order valence-corrected chi connectivity index (χ3v) is 2.86. The zero-order valence-electron chi connectivity index (χ0n) is 10.6. The van der Waals surface area contributed by atoms with E-state index in [1.165, 1.54) is 12.3 Å². The van der Waals surface area contributed by atoms with E-state index in [1.807, 2.05) is 11.8 Å². The highest BCUT2D eigenvalue weighted by Crippen LogP contribution is 2.28. The summed E-state index contributed by atoms with van der Waals surface area (Å²) in [5.74, 6) is 0.588. The smallest absolute Gasteiger partial charge is 0.288 e. The molecule has 0 atom stereocenters. The fourth-order valence-corrected chi connectivity index (χ4v) is 2.14. The molecule has 1 aromatic rings. The lowest BCUT2D eigenvalue weighted by Gasteiger charge is -2.29. The molecule has 0 fully saturated rings. The number of aromatic nitrogens is 1. The number of aliphatic hydroxyl groups is 1. The van der Waals surface area contributed by atoms with Crippen molar-refractivity contribution in [1.82, 2.24) is 4.98 Å². The van der Waals surface area contributed by atoms with Gasteiger partial charge in [-0.3, -0.25) is 10.1 Å². The zero-order chi connectivity index (χ0) is 13.9. The number of halogens is 1. The monoisotopic (exact) mass is 317 g/mol. The Kier molecular flexibility index (Phi) is 4.64. The average Bonchev–Trinajstić information content (AvgIpc) is 2.24. The molecule has 0 radical (unpaired) electrons. The van der Waals surface area contributed by atoms with Crippen molar-refractivity contribution < 1.29 is 10.0 Å². The minimum absolute atomic E-state index is 0.0649. The summed E-state index contributed by atoms with van der Waals surface area (Å²) in [6.07, 6.45) is 1.22. The first-order chi connectivity index (χ1) is 8.24. The molecule has 0 aliphatic heterocycles. The van der Waals surface area contributed by atoms with Gasteiger partial charge in [-0.15, -0.1) is 0 Å². The quantitative estimate of drug-likeness (QED) is 0.666. The predicted molar refractivity (Wildman–Crippen MR) is 72.8 cm³/mol. The van der Waals surface area contributed by atoms with Gasteiger partial charge in [0, 0.05) is 19.2 Å². The van der Waals surface area contributed by atoms with Gasteiger partial charge >= 0.3 is 0 Å². The van der Waals surface area contributed by atoms with Crippen molar-refractivity contribution in [2.24, 2.45) is 0 Å². The van der Waals surface area contributed by atoms with Crippen LogP contribution in [0.4, 0.5) is 11.5 Å². The fraction of sp³-hybridized carbons (Fsp3) is 0.545. The number of hydrogen-bond acceptors (Lipinski definition) is 5. The summed E-state index contributed by atoms with van der Waals surface area (Å²) in [5, 5.41) is 20.4. The highest BCUT2D eigenvalue weighted by Gasteiger charge is 2.21. The number of nitro groups is 1. The molecule has 1 rings (SSSR count). The first kappa shape index (κ1) is 14.8. The number of pyridine rings is 1. The largest absolute Gasteiger partial charge is 0.389 e. The maximum atomic E-state index is 10.6. The Morgan fingerprint density at radius 2 is 2.22 bits per heavy atom. The van der Waals surface area contributed by atoms with Crippen LogP contribution in [0.5, 0.6) is 0 Å². The van der Waals surface area contributed by atoms with Gasteiger partial charge in [0.2, 0.25) is 0 Å². The lowest BCUT2D eigenvalue weighted by Crippen LogP contribution is -2.39. The van der Waals surface area contributed by atoms with E-state index in [0.29, 0.717) is 23.4 Å². The fourth-order valence-electron chi connectivity index (χ4n) is 1.56. The molecule has 100 valence electrons. The molecular weight excluding hydrogens is 302 g/mol. The lowest BCUT2D eigenvalue weighted by atomic mass is 10.1. The number of likely N-dealkylation sites (N-methyl/N-ethyl adjacent to an activating group) is 1. The van der Waals surface area contributed by atoms with Crippen molar-refractivity contribution in [1.29, 1.82) is 0 Å². The second kappa shape index (κ2) is 5.62. The number of hydrogen-bond donors (Lipinski definition) is 1. The summed E-state index contributed by atoms with van der Waals surface area (Å²) < 4.78 is 0.544. The van der Waals surface area contributed by atoms with Crippen molar-refractivity contribution in [3.8, 4) is 0 Å². The van der Waals surface area contributed by atoms with Gasteiger partial charge in [0.1, 0.15) is 12.0 Å². The second-order valence-electron chi connectivity index (χ2n) is 4.58. The van der Waals surface area contributed by atoms with Crippen LogP contribution in [0.3, 0.4) is 0 Å². The number of nitrogens with zero attached hydrogens (tertiary/aromatic N) is 3. The molecule has 7 heteroatoms. The Morgan fingerprint density at radius 3 is 2.61 bits per heavy atom. The lowest BCUT2D eigenvalue weighted by molar-refractivity contribution is -0.385. The van der Waals surface area contributed by atoms with Crippen molar-refractivity contribution >= 4 is 27.4 Å². The van der Waals surface area contributed by atoms with Gasteiger partial charge in [-0.05, 0) is 36.7 Å². The van der Waals surface area contributed by atoms with Gasteiger partial charge in [-0.2, -0.15) is 0 Å². The minimum atomic E-state index is -0.862. The van der Waals surface area contributed by atoms with E-state index in [4.69, 9.17) is 0 Å². The van der Waals surface area contributed by atoms with Crippen LogP contribution in [-0.2, 0) is 0 Å². The van der Waals surface area contributed by atoms with E-state index in [0.717, 1.165) is 0 Å². The topological polar surface area (TPSA) is 79.5 Å². The third kappa shape index (κ3) is 3.92. The Labute approximate surface area is 114 Å². The van der Waals surface area contributed by atoms with Gasteiger partial charge in [0.15, 0.2) is 0 Å². The molecule has 1 N–H and O–H groups in total. The molecule has 1 heterocycles. The first-order valence-electron chi connectivity index (χ1n) is 5.52. The minimum Gasteiger partial charge on any atom is -0.389 e. The molecule has 18 heavy (non-hydrogen) atoms. The summed E-state index contributed by atoms with van der Waals surface area (Å²) >= 11 is 3.27. The zero-order valence-corrected chi connectivity index (χ0v) is 12.1. The Balaban J connectivity index is 3.04. The molecule has 0 aromatic carbocycles. The second-order valence-corrected chi connectivity index (χ2v) is 5.44. The van der Waals surface area contributed by atoms with E-state index in [-0.39, 0.29) is 5.69 Å². The Hall–Kier alpha value is -1.21. The van der Waals surface area contributed by atoms with Gasteiger partial charge < -0.3 is 10.0 Å². The maximum absolute atomic E-state index is 10.6. The number of rotatable bonds is 5. The van der Waals surface area contributed by atoms with Gasteiger partial charge in [-0.25, -0.2) is 4.98 Å². The van der Waals surface area contributed by atoms with Crippen molar-refractivity contribution in [2.75, 3.05) is 18.0 Å². The van der Waals surface area contributed by atoms with Crippen LogP contribution >= 0.6 is 15.9 Å². The summed E-state index contributed by atoms with van der Waals surface area (Å²) in [6.45, 7) is 6.38. The highest BCUT2D eigenvalue weighted by molar-refractivity contribution is 9.10. The van der Waals surface area contributed by atoms with Crippen LogP contribution in [0.2, 0.25) is 0 Å². The number of anilines is 1. The van der Waals surface area contributed by atoms with Crippen molar-refractivity contribution in [3.63, 3.8) is 0 Å². The molecule has 0 spiro atoms. The summed E-state index contributed by atoms with van der Waals surface area (Å²) in [5.41, 5.74) is -0.927. The van der Waals surface area contributed by atoms with Crippen LogP contribution in [0, 0.1) is 10.1 Å². The van der Waals surface area contributed by atoms with Crippen LogP contribution in [0.15, 0.2) is 16.7 Å². The van der Waals surface area contributed by atoms with E-state index in [9.17, 15) is 15.2 Å². The van der Waals surface area contributed by atoms with Crippen molar-refractivity contribution in [2.45, 2.75) is 26.4 Å². The predicted octanol–water partition coefficient (Wildman–Crippen LogP) is 2.35. The van der Waals surface area contributed by atoms with E-state index in [1.54, 1.807) is 13.8 Å². The molecular formula is C11H16BrN3O3. The van der Waals surface area contributed by atoms with Gasteiger partial charge in [0.25, 0.3) is 5.69 Å². The maximum Gasteiger partial charge on any atom is 0.288 e. The first-order valence-corrected chi connectivity index (χ1v) is 6.31. The molecule has 0 aliphatic rings. The van der Waals surface area contributed by atoms with Crippen LogP contribution < -0.4 is 4.90 Å². The van der Waals surface area contributed by atoms with Crippen LogP contribution in [-0.4, -0.2) is 33.7 Å². The van der Waals surface area contributed by atoms with E-state index in [2.05, 4.69) is 20.9 Å². The molecule has 0 unspecified atom stereocenters. The highest BCUT2D eigenvalue weighted by atomic mass is 79.9. The molecule has 0 saturated carbocycles. The van der Waals surface area contributed by atoms with E-state index < -0.39 is 10.5 Å². The Bertz CT molecular complexity index is 446. The van der Waals surface area contributed by atoms with Gasteiger partial charge in [-0.1, -0.05) is 0 Å². The molecule has 6 nitrogen and oxygen atoms in total. The molecule has 0 amide bonds. The summed E-state index contributed by atoms with van der Waals surface area (Å²) in [6, 6.07) is 1.41. The molecule has 0 saturated heterocycles. The van der Waals surface area contributed by atoms with Crippen molar-refractivity contribution in [3.05, 3.63) is 26.9 Å². The molecule has 0 aliphatic carbocycles. The molecule has 0 bridgehead atoms. The van der Waals surface area contributed by atoms with Crippen LogP contribution in [0.1, 0.15) is 20.8 Å². The Morgan fingerprint density at radius 1 is 1.61 bits per heavy atom. The standard InChI is InChI=1S/C11H16BrN3O3/c1-4-14(7-11(2,3)16)10-9(12)5-8(6-13-10)15(17)18/h5-6,16H,4,7H2,1-3H3. The SMILES string of the molecule is CCN(CC(C)(C)O)c1ncc([N+](=O)[O-])cc1Br. The summed E-state index contributed by atoms with van der Waals surface area (Å²) in [7, 11) is 0. The normalized spacial score (nSPS) is 11.4. The third-order valence-electron chi connectivity index (χ3n) is 2.28. The average molecular weight is 318 g/mol. The summed E-state index contributed by atoms with van der Waals surface area (Å²) in [4.78, 5) is 16.1. The molecule has 1 aromatic heterocycles. The van der Waals surface area contributed by atoms with E-state index >= 15 is 0 Å². The van der Waals surface area contributed by atoms with Crippen LogP contribution in [0.25, 0.3) is 0 Å².